The average Bonchev–Trinajstić information content (AvgIpc) is 2.83. The Kier molecular flexibility index (Phi) is 4.86. The highest BCUT2D eigenvalue weighted by atomic mass is 19.3. The first-order valence-corrected chi connectivity index (χ1v) is 6.28. The minimum atomic E-state index is -2.90. The summed E-state index contributed by atoms with van der Waals surface area (Å²) in [7, 11) is 0. The fourth-order valence-corrected chi connectivity index (χ4v) is 2.08. The van der Waals surface area contributed by atoms with Crippen molar-refractivity contribution < 1.29 is 23.4 Å². The molecular weight excluding hydrogens is 270 g/mol. The molecule has 20 heavy (non-hydrogen) atoms. The van der Waals surface area contributed by atoms with Crippen molar-refractivity contribution in [1.29, 1.82) is 0 Å². The Bertz CT molecular complexity index is 471. The van der Waals surface area contributed by atoms with Crippen LogP contribution in [0, 0.1) is 0 Å². The lowest BCUT2D eigenvalue weighted by Crippen LogP contribution is -2.40. The number of alkyl halides is 2. The minimum Gasteiger partial charge on any atom is -0.434 e. The number of ether oxygens (including phenoxy) is 1. The number of amides is 1. The molecule has 0 radical (unpaired) electrons. The molecular formula is C13H16F2N2O3. The van der Waals surface area contributed by atoms with E-state index >= 15 is 0 Å². The van der Waals surface area contributed by atoms with Crippen molar-refractivity contribution in [2.24, 2.45) is 0 Å². The Labute approximate surface area is 114 Å². The first kappa shape index (κ1) is 14.7. The molecule has 0 bridgehead atoms. The van der Waals surface area contributed by atoms with Gasteiger partial charge < -0.3 is 20.5 Å². The molecule has 7 heteroatoms. The van der Waals surface area contributed by atoms with E-state index in [1.165, 1.54) is 6.07 Å². The summed E-state index contributed by atoms with van der Waals surface area (Å²) in [6.45, 7) is -2.43. The topological polar surface area (TPSA) is 70.6 Å². The molecule has 1 heterocycles. The molecule has 110 valence electrons. The fraction of sp³-hybridized carbons (Fsp3) is 0.462. The summed E-state index contributed by atoms with van der Waals surface area (Å²) in [5.74, 6) is -0.226. The summed E-state index contributed by atoms with van der Waals surface area (Å²) in [6, 6.07) is 5.84. The van der Waals surface area contributed by atoms with E-state index in [4.69, 9.17) is 0 Å². The molecule has 1 aliphatic heterocycles. The quantitative estimate of drug-likeness (QED) is 0.742. The SMILES string of the molecule is O=C(NCc1ccccc1OC(F)F)C1CC(O)CN1. The van der Waals surface area contributed by atoms with Crippen LogP contribution < -0.4 is 15.4 Å². The number of aliphatic hydroxyl groups is 1. The maximum Gasteiger partial charge on any atom is 0.387 e. The largest absolute Gasteiger partial charge is 0.434 e. The molecule has 3 N–H and O–H groups in total. The van der Waals surface area contributed by atoms with Crippen LogP contribution in [0.25, 0.3) is 0 Å². The highest BCUT2D eigenvalue weighted by Gasteiger charge is 2.27. The van der Waals surface area contributed by atoms with Crippen LogP contribution in [0.4, 0.5) is 8.78 Å². The summed E-state index contributed by atoms with van der Waals surface area (Å²) in [6.07, 6.45) is -0.179. The average molecular weight is 286 g/mol. The van der Waals surface area contributed by atoms with Crippen molar-refractivity contribution in [3.8, 4) is 5.75 Å². The van der Waals surface area contributed by atoms with Gasteiger partial charge in [-0.1, -0.05) is 18.2 Å². The van der Waals surface area contributed by atoms with Crippen LogP contribution in [-0.4, -0.2) is 36.3 Å². The van der Waals surface area contributed by atoms with Crippen LogP contribution in [-0.2, 0) is 11.3 Å². The van der Waals surface area contributed by atoms with Gasteiger partial charge in [0.15, 0.2) is 0 Å². The Morgan fingerprint density at radius 1 is 1.50 bits per heavy atom. The first-order chi connectivity index (χ1) is 9.56. The molecule has 2 unspecified atom stereocenters. The molecule has 1 aliphatic rings. The van der Waals surface area contributed by atoms with E-state index < -0.39 is 18.8 Å². The van der Waals surface area contributed by atoms with E-state index in [0.29, 0.717) is 18.5 Å². The van der Waals surface area contributed by atoms with E-state index in [-0.39, 0.29) is 18.2 Å². The van der Waals surface area contributed by atoms with Crippen molar-refractivity contribution in [3.63, 3.8) is 0 Å². The molecule has 2 atom stereocenters. The van der Waals surface area contributed by atoms with Crippen LogP contribution in [0.3, 0.4) is 0 Å². The third kappa shape index (κ3) is 3.88. The normalized spacial score (nSPS) is 22.0. The minimum absolute atomic E-state index is 0.0437. The number of hydrogen-bond acceptors (Lipinski definition) is 4. The lowest BCUT2D eigenvalue weighted by atomic mass is 10.1. The number of halogens is 2. The second kappa shape index (κ2) is 6.62. The Morgan fingerprint density at radius 3 is 2.90 bits per heavy atom. The number of rotatable bonds is 5. The number of β-amino-alcohol motifs (C(OH)–C–C–N with tert-alkyl or cyclic N) is 1. The van der Waals surface area contributed by atoms with Gasteiger partial charge >= 0.3 is 6.61 Å². The van der Waals surface area contributed by atoms with Gasteiger partial charge in [0.05, 0.1) is 12.1 Å². The van der Waals surface area contributed by atoms with Crippen LogP contribution in [0.15, 0.2) is 24.3 Å². The monoisotopic (exact) mass is 286 g/mol. The predicted molar refractivity (Wildman–Crippen MR) is 67.3 cm³/mol. The molecule has 5 nitrogen and oxygen atoms in total. The van der Waals surface area contributed by atoms with E-state index in [1.54, 1.807) is 18.2 Å². The predicted octanol–water partition coefficient (Wildman–Crippen LogP) is 0.627. The lowest BCUT2D eigenvalue weighted by molar-refractivity contribution is -0.123. The van der Waals surface area contributed by atoms with E-state index in [9.17, 15) is 18.7 Å². The van der Waals surface area contributed by atoms with Gasteiger partial charge in [-0.3, -0.25) is 4.79 Å². The lowest BCUT2D eigenvalue weighted by Gasteiger charge is -2.13. The summed E-state index contributed by atoms with van der Waals surface area (Å²) in [5.41, 5.74) is 0.472. The van der Waals surface area contributed by atoms with E-state index in [0.717, 1.165) is 0 Å². The standard InChI is InChI=1S/C13H16F2N2O3/c14-13(15)20-11-4-2-1-3-8(11)6-17-12(19)10-5-9(18)7-16-10/h1-4,9-10,13,16,18H,5-7H2,(H,17,19). The summed E-state index contributed by atoms with van der Waals surface area (Å²) in [4.78, 5) is 11.8. The number of carbonyl (C=O) groups excluding carboxylic acids is 1. The van der Waals surface area contributed by atoms with Crippen LogP contribution >= 0.6 is 0 Å². The highest BCUT2D eigenvalue weighted by Crippen LogP contribution is 2.20. The molecule has 1 fully saturated rings. The van der Waals surface area contributed by atoms with Crippen LogP contribution in [0.1, 0.15) is 12.0 Å². The smallest absolute Gasteiger partial charge is 0.387 e. The van der Waals surface area contributed by atoms with Crippen molar-refractivity contribution in [1.82, 2.24) is 10.6 Å². The zero-order valence-corrected chi connectivity index (χ0v) is 10.7. The molecule has 2 rings (SSSR count). The van der Waals surface area contributed by atoms with Crippen molar-refractivity contribution >= 4 is 5.91 Å². The third-order valence-corrected chi connectivity index (χ3v) is 3.07. The number of hydrogen-bond donors (Lipinski definition) is 3. The summed E-state index contributed by atoms with van der Waals surface area (Å²) < 4.78 is 28.9. The Hall–Kier alpha value is -1.73. The zero-order valence-electron chi connectivity index (χ0n) is 10.7. The van der Waals surface area contributed by atoms with Gasteiger partial charge in [-0.2, -0.15) is 8.78 Å². The number of para-hydroxylation sites is 1. The molecule has 0 spiro atoms. The third-order valence-electron chi connectivity index (χ3n) is 3.07. The molecule has 0 aliphatic carbocycles. The van der Waals surface area contributed by atoms with Crippen LogP contribution in [0.2, 0.25) is 0 Å². The summed E-state index contributed by atoms with van der Waals surface area (Å²) in [5, 5.41) is 14.8. The highest BCUT2D eigenvalue weighted by molar-refractivity contribution is 5.82. The van der Waals surface area contributed by atoms with Crippen molar-refractivity contribution in [2.75, 3.05) is 6.54 Å². The number of carbonyl (C=O) groups is 1. The van der Waals surface area contributed by atoms with E-state index in [1.807, 2.05) is 0 Å². The van der Waals surface area contributed by atoms with Crippen molar-refractivity contribution in [2.45, 2.75) is 31.7 Å². The van der Waals surface area contributed by atoms with Gasteiger partial charge in [0.1, 0.15) is 5.75 Å². The van der Waals surface area contributed by atoms with Crippen LogP contribution in [0.5, 0.6) is 5.75 Å². The Morgan fingerprint density at radius 2 is 2.25 bits per heavy atom. The van der Waals surface area contributed by atoms with Gasteiger partial charge in [0.2, 0.25) is 5.91 Å². The van der Waals surface area contributed by atoms with Gasteiger partial charge in [0.25, 0.3) is 0 Å². The molecule has 0 saturated carbocycles. The van der Waals surface area contributed by atoms with Crippen molar-refractivity contribution in [3.05, 3.63) is 29.8 Å². The van der Waals surface area contributed by atoms with Gasteiger partial charge in [-0.25, -0.2) is 0 Å². The maximum atomic E-state index is 12.2. The number of aliphatic hydroxyl groups excluding tert-OH is 1. The van der Waals surface area contributed by atoms with Gasteiger partial charge in [0, 0.05) is 18.7 Å². The second-order valence-electron chi connectivity index (χ2n) is 4.55. The first-order valence-electron chi connectivity index (χ1n) is 6.28. The van der Waals surface area contributed by atoms with Gasteiger partial charge in [-0.05, 0) is 12.5 Å². The molecule has 1 saturated heterocycles. The fourth-order valence-electron chi connectivity index (χ4n) is 2.08. The Balaban J connectivity index is 1.92. The van der Waals surface area contributed by atoms with E-state index in [2.05, 4.69) is 15.4 Å². The summed E-state index contributed by atoms with van der Waals surface area (Å²) >= 11 is 0. The maximum absolute atomic E-state index is 12.2. The van der Waals surface area contributed by atoms with Gasteiger partial charge in [-0.15, -0.1) is 0 Å². The molecule has 1 aromatic carbocycles. The number of benzene rings is 1. The number of nitrogens with one attached hydrogen (secondary N) is 2. The molecule has 1 aromatic rings. The zero-order chi connectivity index (χ0) is 14.5. The molecule has 0 aromatic heterocycles. The second-order valence-corrected chi connectivity index (χ2v) is 4.55. The molecule has 1 amide bonds.